The van der Waals surface area contributed by atoms with Crippen LogP contribution >= 0.6 is 11.6 Å². The lowest BCUT2D eigenvalue weighted by Gasteiger charge is -1.98. The third kappa shape index (κ3) is 1.33. The Morgan fingerprint density at radius 2 is 2.18 bits per heavy atom. The molecule has 1 aromatic rings. The maximum atomic E-state index is 12.9. The first-order chi connectivity index (χ1) is 5.16. The monoisotopic (exact) mass is 169 g/mol. The van der Waals surface area contributed by atoms with Gasteiger partial charge in [-0.1, -0.05) is 17.7 Å². The number of nitriles is 1. The summed E-state index contributed by atoms with van der Waals surface area (Å²) in [6, 6.07) is 4.80. The summed E-state index contributed by atoms with van der Waals surface area (Å²) in [7, 11) is 0. The van der Waals surface area contributed by atoms with Crippen molar-refractivity contribution in [2.45, 2.75) is 6.92 Å². The van der Waals surface area contributed by atoms with Crippen molar-refractivity contribution in [1.82, 2.24) is 0 Å². The molecule has 0 N–H and O–H groups in total. The molecule has 0 spiro atoms. The third-order valence-corrected chi connectivity index (χ3v) is 1.71. The smallest absolute Gasteiger partial charge is 0.159 e. The van der Waals surface area contributed by atoms with Crippen LogP contribution in [0.3, 0.4) is 0 Å². The minimum absolute atomic E-state index is 0.00727. The van der Waals surface area contributed by atoms with Crippen LogP contribution < -0.4 is 0 Å². The van der Waals surface area contributed by atoms with E-state index in [1.807, 2.05) is 0 Å². The molecule has 0 saturated heterocycles. The van der Waals surface area contributed by atoms with Gasteiger partial charge in [0.15, 0.2) is 5.82 Å². The lowest BCUT2D eigenvalue weighted by Crippen LogP contribution is -1.88. The zero-order valence-corrected chi connectivity index (χ0v) is 6.61. The van der Waals surface area contributed by atoms with Crippen molar-refractivity contribution in [2.24, 2.45) is 0 Å². The number of hydrogen-bond donors (Lipinski definition) is 0. The maximum Gasteiger partial charge on any atom is 0.159 e. The van der Waals surface area contributed by atoms with Crippen LogP contribution in [0.4, 0.5) is 4.39 Å². The van der Waals surface area contributed by atoms with Gasteiger partial charge in [0.2, 0.25) is 0 Å². The van der Waals surface area contributed by atoms with Gasteiger partial charge in [-0.15, -0.1) is 0 Å². The number of rotatable bonds is 0. The molecule has 0 saturated carbocycles. The van der Waals surface area contributed by atoms with E-state index in [1.165, 1.54) is 6.07 Å². The number of aryl methyl sites for hydroxylation is 1. The second kappa shape index (κ2) is 2.89. The van der Waals surface area contributed by atoms with Gasteiger partial charge in [0.25, 0.3) is 0 Å². The zero-order valence-electron chi connectivity index (χ0n) is 5.86. The fourth-order valence-electron chi connectivity index (χ4n) is 0.784. The summed E-state index contributed by atoms with van der Waals surface area (Å²) in [6.45, 7) is 1.66. The first-order valence-electron chi connectivity index (χ1n) is 3.01. The van der Waals surface area contributed by atoms with Gasteiger partial charge in [-0.25, -0.2) is 4.39 Å². The van der Waals surface area contributed by atoms with Crippen LogP contribution in [-0.4, -0.2) is 0 Å². The Kier molecular flexibility index (Phi) is 2.11. The highest BCUT2D eigenvalue weighted by atomic mass is 35.5. The number of halogens is 2. The first kappa shape index (κ1) is 8.03. The van der Waals surface area contributed by atoms with Gasteiger partial charge in [0.05, 0.1) is 10.6 Å². The van der Waals surface area contributed by atoms with Gasteiger partial charge >= 0.3 is 0 Å². The molecule has 0 aliphatic heterocycles. The van der Waals surface area contributed by atoms with Crippen LogP contribution in [-0.2, 0) is 0 Å². The Bertz CT molecular complexity index is 328. The summed E-state index contributed by atoms with van der Waals surface area (Å²) in [4.78, 5) is 0. The molecule has 0 aliphatic rings. The number of benzene rings is 1. The van der Waals surface area contributed by atoms with Crippen molar-refractivity contribution in [2.75, 3.05) is 0 Å². The summed E-state index contributed by atoms with van der Waals surface area (Å²) in [5.41, 5.74) is 0.631. The van der Waals surface area contributed by atoms with Crippen LogP contribution in [0, 0.1) is 24.1 Å². The van der Waals surface area contributed by atoms with Crippen LogP contribution in [0.15, 0.2) is 12.1 Å². The molecule has 0 bridgehead atoms. The molecule has 1 nitrogen and oxygen atoms in total. The lowest BCUT2D eigenvalue weighted by molar-refractivity contribution is 0.623. The quantitative estimate of drug-likeness (QED) is 0.586. The highest BCUT2D eigenvalue weighted by molar-refractivity contribution is 6.30. The predicted molar refractivity (Wildman–Crippen MR) is 40.9 cm³/mol. The lowest BCUT2D eigenvalue weighted by atomic mass is 10.1. The van der Waals surface area contributed by atoms with E-state index >= 15 is 0 Å². The molecule has 0 atom stereocenters. The van der Waals surface area contributed by atoms with E-state index in [0.29, 0.717) is 5.56 Å². The fraction of sp³-hybridized carbons (Fsp3) is 0.125. The highest BCUT2D eigenvalue weighted by Gasteiger charge is 2.07. The van der Waals surface area contributed by atoms with Crippen molar-refractivity contribution in [1.29, 1.82) is 5.26 Å². The molecule has 0 radical (unpaired) electrons. The van der Waals surface area contributed by atoms with E-state index in [0.717, 1.165) is 0 Å². The second-order valence-electron chi connectivity index (χ2n) is 2.17. The summed E-state index contributed by atoms with van der Waals surface area (Å²) < 4.78 is 12.9. The van der Waals surface area contributed by atoms with E-state index in [-0.39, 0.29) is 10.6 Å². The van der Waals surface area contributed by atoms with Gasteiger partial charge in [0.1, 0.15) is 6.07 Å². The summed E-state index contributed by atoms with van der Waals surface area (Å²) in [6.07, 6.45) is 0. The van der Waals surface area contributed by atoms with Crippen molar-refractivity contribution < 1.29 is 4.39 Å². The van der Waals surface area contributed by atoms with Gasteiger partial charge in [0, 0.05) is 0 Å². The number of hydrogen-bond acceptors (Lipinski definition) is 1. The normalized spacial score (nSPS) is 9.27. The Labute approximate surface area is 69.0 Å². The van der Waals surface area contributed by atoms with Gasteiger partial charge < -0.3 is 0 Å². The summed E-state index contributed by atoms with van der Waals surface area (Å²) in [5, 5.41) is 8.47. The highest BCUT2D eigenvalue weighted by Crippen LogP contribution is 2.20. The zero-order chi connectivity index (χ0) is 8.43. The predicted octanol–water partition coefficient (Wildman–Crippen LogP) is 2.66. The van der Waals surface area contributed by atoms with Crippen molar-refractivity contribution in [3.63, 3.8) is 0 Å². The Morgan fingerprint density at radius 3 is 2.64 bits per heavy atom. The van der Waals surface area contributed by atoms with E-state index in [9.17, 15) is 4.39 Å². The topological polar surface area (TPSA) is 23.8 Å². The second-order valence-corrected chi connectivity index (χ2v) is 2.57. The Balaban J connectivity index is 3.44. The molecule has 56 valence electrons. The van der Waals surface area contributed by atoms with E-state index in [1.54, 1.807) is 19.1 Å². The first-order valence-corrected chi connectivity index (χ1v) is 3.39. The molecule has 0 aromatic heterocycles. The van der Waals surface area contributed by atoms with Crippen LogP contribution in [0.25, 0.3) is 0 Å². The number of nitrogens with zero attached hydrogens (tertiary/aromatic N) is 1. The molecule has 0 amide bonds. The molecule has 0 aliphatic carbocycles. The SMILES string of the molecule is Cc1ccc(Cl)c(F)c1C#N. The van der Waals surface area contributed by atoms with E-state index < -0.39 is 5.82 Å². The summed E-state index contributed by atoms with van der Waals surface area (Å²) in [5.74, 6) is -0.630. The molecule has 1 rings (SSSR count). The van der Waals surface area contributed by atoms with Crippen LogP contribution in [0.1, 0.15) is 11.1 Å². The molecular formula is C8H5ClFN. The minimum atomic E-state index is -0.630. The van der Waals surface area contributed by atoms with Gasteiger partial charge in [-0.2, -0.15) is 5.26 Å². The largest absolute Gasteiger partial charge is 0.204 e. The Morgan fingerprint density at radius 1 is 1.55 bits per heavy atom. The molecular weight excluding hydrogens is 165 g/mol. The standard InChI is InChI=1S/C8H5ClFN/c1-5-2-3-7(9)8(10)6(5)4-11/h2-3H,1H3. The molecule has 3 heteroatoms. The molecule has 1 aromatic carbocycles. The van der Waals surface area contributed by atoms with E-state index in [4.69, 9.17) is 16.9 Å². The Hall–Kier alpha value is -1.07. The average molecular weight is 170 g/mol. The molecule has 0 heterocycles. The minimum Gasteiger partial charge on any atom is -0.204 e. The molecule has 0 fully saturated rings. The molecule has 11 heavy (non-hydrogen) atoms. The maximum absolute atomic E-state index is 12.9. The summed E-state index contributed by atoms with van der Waals surface area (Å²) >= 11 is 5.44. The third-order valence-electron chi connectivity index (χ3n) is 1.41. The van der Waals surface area contributed by atoms with Gasteiger partial charge in [-0.05, 0) is 18.6 Å². The van der Waals surface area contributed by atoms with Crippen LogP contribution in [0.2, 0.25) is 5.02 Å². The fourth-order valence-corrected chi connectivity index (χ4v) is 0.942. The average Bonchev–Trinajstić information content (AvgIpc) is 1.99. The molecule has 0 unspecified atom stereocenters. The van der Waals surface area contributed by atoms with Crippen molar-refractivity contribution >= 4 is 11.6 Å². The van der Waals surface area contributed by atoms with E-state index in [2.05, 4.69) is 0 Å². The van der Waals surface area contributed by atoms with Crippen LogP contribution in [0.5, 0.6) is 0 Å². The van der Waals surface area contributed by atoms with Gasteiger partial charge in [-0.3, -0.25) is 0 Å². The van der Waals surface area contributed by atoms with Crippen molar-refractivity contribution in [3.05, 3.63) is 34.1 Å². The van der Waals surface area contributed by atoms with Crippen molar-refractivity contribution in [3.8, 4) is 6.07 Å².